The second kappa shape index (κ2) is 8.28. The van der Waals surface area contributed by atoms with Gasteiger partial charge in [-0.05, 0) is 30.3 Å². The fourth-order valence-electron chi connectivity index (χ4n) is 2.72. The summed E-state index contributed by atoms with van der Waals surface area (Å²) >= 11 is 0. The number of carbonyl (C=O) groups excluding carboxylic acids is 1. The molecule has 3 aromatic rings. The van der Waals surface area contributed by atoms with Gasteiger partial charge in [-0.15, -0.1) is 0 Å². The minimum atomic E-state index is 0.0799. The average molecular weight is 363 g/mol. The number of nitrogens with zero attached hydrogens (tertiary/aromatic N) is 3. The van der Waals surface area contributed by atoms with Crippen LogP contribution in [0.1, 0.15) is 18.9 Å². The molecule has 1 aromatic carbocycles. The fourth-order valence-corrected chi connectivity index (χ4v) is 2.72. The maximum absolute atomic E-state index is 11.6. The molecule has 0 bridgehead atoms. The van der Waals surface area contributed by atoms with Crippen molar-refractivity contribution >= 4 is 11.4 Å². The average Bonchev–Trinajstić information content (AvgIpc) is 3.13. The lowest BCUT2D eigenvalue weighted by atomic mass is 10.3. The summed E-state index contributed by atoms with van der Waals surface area (Å²) in [5.74, 6) is 1.89. The molecule has 6 heteroatoms. The van der Waals surface area contributed by atoms with E-state index in [4.69, 9.17) is 14.7 Å². The number of rotatable bonds is 7. The molecule has 0 unspecified atom stereocenters. The zero-order valence-corrected chi connectivity index (χ0v) is 15.4. The number of para-hydroxylation sites is 2. The largest absolute Gasteiger partial charge is 0.488 e. The van der Waals surface area contributed by atoms with Crippen molar-refractivity contribution in [1.82, 2.24) is 9.30 Å². The van der Waals surface area contributed by atoms with Crippen LogP contribution in [-0.2, 0) is 4.79 Å². The van der Waals surface area contributed by atoms with Gasteiger partial charge in [0.1, 0.15) is 12.7 Å². The number of aromatic nitrogens is 1. The minimum Gasteiger partial charge on any atom is -0.488 e. The van der Waals surface area contributed by atoms with Gasteiger partial charge in [0.15, 0.2) is 17.2 Å². The Balaban J connectivity index is 1.76. The van der Waals surface area contributed by atoms with Crippen LogP contribution < -0.4 is 9.47 Å². The second-order valence-electron chi connectivity index (χ2n) is 6.07. The minimum absolute atomic E-state index is 0.0799. The van der Waals surface area contributed by atoms with Crippen molar-refractivity contribution in [1.29, 1.82) is 5.26 Å². The van der Waals surface area contributed by atoms with Crippen LogP contribution in [0.5, 0.6) is 17.2 Å². The highest BCUT2D eigenvalue weighted by atomic mass is 16.5. The van der Waals surface area contributed by atoms with Gasteiger partial charge in [-0.2, -0.15) is 5.26 Å². The predicted octanol–water partition coefficient (Wildman–Crippen LogP) is 3.85. The van der Waals surface area contributed by atoms with Crippen molar-refractivity contribution in [2.75, 3.05) is 20.2 Å². The standard InChI is InChI=1S/C21H21N3O3/c1-3-21(25)23(2)11-12-26-19-7-4-5-8-20(19)27-18-9-6-10-24-15-16(14-22)13-17(18)24/h4-10,13,15H,3,11-12H2,1-2H3. The molecule has 0 aliphatic carbocycles. The molecule has 2 heterocycles. The first-order valence-electron chi connectivity index (χ1n) is 8.77. The first-order valence-corrected chi connectivity index (χ1v) is 8.77. The highest BCUT2D eigenvalue weighted by Crippen LogP contribution is 2.33. The van der Waals surface area contributed by atoms with Crippen molar-refractivity contribution in [2.24, 2.45) is 0 Å². The van der Waals surface area contributed by atoms with E-state index in [1.807, 2.05) is 53.9 Å². The van der Waals surface area contributed by atoms with Crippen LogP contribution in [-0.4, -0.2) is 35.4 Å². The number of hydrogen-bond acceptors (Lipinski definition) is 4. The quantitative estimate of drug-likeness (QED) is 0.639. The van der Waals surface area contributed by atoms with Gasteiger partial charge in [-0.3, -0.25) is 4.79 Å². The van der Waals surface area contributed by atoms with Crippen molar-refractivity contribution < 1.29 is 14.3 Å². The number of amides is 1. The maximum atomic E-state index is 11.6. The molecule has 6 nitrogen and oxygen atoms in total. The summed E-state index contributed by atoms with van der Waals surface area (Å²) in [7, 11) is 1.76. The number of carbonyl (C=O) groups is 1. The van der Waals surface area contributed by atoms with Gasteiger partial charge in [0.2, 0.25) is 5.91 Å². The van der Waals surface area contributed by atoms with Crippen molar-refractivity contribution in [2.45, 2.75) is 13.3 Å². The lowest BCUT2D eigenvalue weighted by Crippen LogP contribution is -2.30. The molecule has 0 radical (unpaired) electrons. The summed E-state index contributed by atoms with van der Waals surface area (Å²) in [5.41, 5.74) is 1.37. The third-order valence-electron chi connectivity index (χ3n) is 4.21. The van der Waals surface area contributed by atoms with Crippen molar-refractivity contribution in [3.8, 4) is 23.3 Å². The lowest BCUT2D eigenvalue weighted by molar-refractivity contribution is -0.129. The number of benzene rings is 1. The van der Waals surface area contributed by atoms with Crippen LogP contribution in [0, 0.1) is 11.3 Å². The van der Waals surface area contributed by atoms with Gasteiger partial charge in [0, 0.05) is 25.9 Å². The number of pyridine rings is 1. The molecule has 0 fully saturated rings. The van der Waals surface area contributed by atoms with E-state index in [-0.39, 0.29) is 5.91 Å². The van der Waals surface area contributed by atoms with Crippen LogP contribution in [0.25, 0.3) is 5.52 Å². The van der Waals surface area contributed by atoms with Gasteiger partial charge < -0.3 is 18.8 Å². The van der Waals surface area contributed by atoms with Gasteiger partial charge in [-0.1, -0.05) is 19.1 Å². The summed E-state index contributed by atoms with van der Waals surface area (Å²) in [6.07, 6.45) is 4.10. The molecule has 0 spiro atoms. The van der Waals surface area contributed by atoms with Gasteiger partial charge in [-0.25, -0.2) is 0 Å². The Morgan fingerprint density at radius 3 is 2.67 bits per heavy atom. The van der Waals surface area contributed by atoms with Crippen LogP contribution in [0.2, 0.25) is 0 Å². The Bertz CT molecular complexity index is 988. The molecule has 0 saturated heterocycles. The van der Waals surface area contributed by atoms with E-state index >= 15 is 0 Å². The van der Waals surface area contributed by atoms with Gasteiger partial charge in [0.05, 0.1) is 17.6 Å². The van der Waals surface area contributed by atoms with E-state index in [9.17, 15) is 4.79 Å². The third kappa shape index (κ3) is 4.21. The number of fused-ring (bicyclic) bond motifs is 1. The molecule has 0 N–H and O–H groups in total. The second-order valence-corrected chi connectivity index (χ2v) is 6.07. The van der Waals surface area contributed by atoms with Crippen LogP contribution in [0.4, 0.5) is 0 Å². The first-order chi connectivity index (χ1) is 13.1. The summed E-state index contributed by atoms with van der Waals surface area (Å²) in [6.45, 7) is 2.71. The Morgan fingerprint density at radius 1 is 1.19 bits per heavy atom. The van der Waals surface area contributed by atoms with E-state index in [0.29, 0.717) is 42.4 Å². The van der Waals surface area contributed by atoms with Gasteiger partial charge >= 0.3 is 0 Å². The normalized spacial score (nSPS) is 10.4. The van der Waals surface area contributed by atoms with E-state index in [0.717, 1.165) is 5.52 Å². The summed E-state index contributed by atoms with van der Waals surface area (Å²) in [4.78, 5) is 13.3. The molecule has 0 atom stereocenters. The number of ether oxygens (including phenoxy) is 2. The third-order valence-corrected chi connectivity index (χ3v) is 4.21. The van der Waals surface area contributed by atoms with Gasteiger partial charge in [0.25, 0.3) is 0 Å². The highest BCUT2D eigenvalue weighted by Gasteiger charge is 2.11. The van der Waals surface area contributed by atoms with E-state index in [1.54, 1.807) is 24.2 Å². The maximum Gasteiger partial charge on any atom is 0.222 e. The Hall–Kier alpha value is -3.46. The van der Waals surface area contributed by atoms with E-state index in [2.05, 4.69) is 6.07 Å². The summed E-state index contributed by atoms with van der Waals surface area (Å²) in [5, 5.41) is 9.11. The highest BCUT2D eigenvalue weighted by molar-refractivity contribution is 5.75. The Labute approximate surface area is 158 Å². The van der Waals surface area contributed by atoms with Crippen molar-refractivity contribution in [3.63, 3.8) is 0 Å². The molecule has 27 heavy (non-hydrogen) atoms. The summed E-state index contributed by atoms with van der Waals surface area (Å²) < 4.78 is 13.8. The van der Waals surface area contributed by atoms with Crippen molar-refractivity contribution in [3.05, 3.63) is 60.4 Å². The molecule has 0 aliphatic rings. The monoisotopic (exact) mass is 363 g/mol. The predicted molar refractivity (Wildman–Crippen MR) is 102 cm³/mol. The number of hydrogen-bond donors (Lipinski definition) is 0. The molecular formula is C21H21N3O3. The molecule has 0 saturated carbocycles. The summed E-state index contributed by atoms with van der Waals surface area (Å²) in [6, 6.07) is 15.0. The zero-order chi connectivity index (χ0) is 19.2. The Morgan fingerprint density at radius 2 is 1.93 bits per heavy atom. The lowest BCUT2D eigenvalue weighted by Gasteiger charge is -2.18. The number of likely N-dealkylation sites (N-methyl/N-ethyl adjacent to an activating group) is 1. The molecular weight excluding hydrogens is 342 g/mol. The Kier molecular flexibility index (Phi) is 5.62. The first kappa shape index (κ1) is 18.3. The number of nitriles is 1. The topological polar surface area (TPSA) is 67.0 Å². The molecule has 1 amide bonds. The molecule has 0 aliphatic heterocycles. The zero-order valence-electron chi connectivity index (χ0n) is 15.4. The SMILES string of the molecule is CCC(=O)N(C)CCOc1ccccc1Oc1cccn2cc(C#N)cc12. The molecule has 3 rings (SSSR count). The smallest absolute Gasteiger partial charge is 0.222 e. The molecule has 2 aromatic heterocycles. The molecule has 138 valence electrons. The van der Waals surface area contributed by atoms with Crippen LogP contribution >= 0.6 is 0 Å². The van der Waals surface area contributed by atoms with Crippen LogP contribution in [0.3, 0.4) is 0 Å². The fraction of sp³-hybridized carbons (Fsp3) is 0.238. The van der Waals surface area contributed by atoms with E-state index in [1.165, 1.54) is 0 Å². The van der Waals surface area contributed by atoms with Crippen LogP contribution in [0.15, 0.2) is 54.9 Å². The van der Waals surface area contributed by atoms with E-state index < -0.39 is 0 Å².